The molecule has 1 aromatic carbocycles. The molecule has 3 rings (SSSR count). The van der Waals surface area contributed by atoms with E-state index >= 15 is 0 Å². The molecule has 116 valence electrons. The van der Waals surface area contributed by atoms with Crippen LogP contribution < -0.4 is 14.8 Å². The van der Waals surface area contributed by atoms with Gasteiger partial charge in [0, 0.05) is 17.4 Å². The SMILES string of the molecule is CCCc1cc(C(=O)Nc2ccc3c(c2)OC(F)(F)O3)n[nH]1. The zero-order valence-corrected chi connectivity index (χ0v) is 11.7. The second-order valence-corrected chi connectivity index (χ2v) is 4.81. The van der Waals surface area contributed by atoms with Crippen LogP contribution in [0.4, 0.5) is 14.5 Å². The molecule has 0 bridgehead atoms. The number of ether oxygens (including phenoxy) is 2. The predicted octanol–water partition coefficient (Wildman–Crippen LogP) is 2.94. The number of carbonyl (C=O) groups is 1. The maximum atomic E-state index is 12.9. The molecule has 0 saturated heterocycles. The number of H-pyrrole nitrogens is 1. The van der Waals surface area contributed by atoms with E-state index in [4.69, 9.17) is 0 Å². The van der Waals surface area contributed by atoms with Crippen molar-refractivity contribution in [3.8, 4) is 11.5 Å². The average Bonchev–Trinajstić information content (AvgIpc) is 3.01. The van der Waals surface area contributed by atoms with E-state index in [9.17, 15) is 13.6 Å². The van der Waals surface area contributed by atoms with Gasteiger partial charge in [-0.25, -0.2) is 0 Å². The third-order valence-corrected chi connectivity index (χ3v) is 3.04. The number of rotatable bonds is 4. The standard InChI is InChI=1S/C14H13F2N3O3/c1-2-3-9-6-10(19-18-9)13(20)17-8-4-5-11-12(7-8)22-14(15,16)21-11/h4-7H,2-3H2,1H3,(H,17,20)(H,18,19). The Morgan fingerprint density at radius 3 is 2.86 bits per heavy atom. The van der Waals surface area contributed by atoms with E-state index in [2.05, 4.69) is 25.0 Å². The fourth-order valence-corrected chi connectivity index (χ4v) is 2.10. The second kappa shape index (κ2) is 5.28. The Morgan fingerprint density at radius 2 is 2.09 bits per heavy atom. The molecule has 22 heavy (non-hydrogen) atoms. The number of benzene rings is 1. The Labute approximate surface area is 124 Å². The number of amides is 1. The van der Waals surface area contributed by atoms with Crippen molar-refractivity contribution in [3.63, 3.8) is 0 Å². The highest BCUT2D eigenvalue weighted by Gasteiger charge is 2.43. The molecule has 0 atom stereocenters. The highest BCUT2D eigenvalue weighted by molar-refractivity contribution is 6.03. The number of nitrogens with one attached hydrogen (secondary N) is 2. The number of fused-ring (bicyclic) bond motifs is 1. The van der Waals surface area contributed by atoms with Crippen molar-refractivity contribution in [2.75, 3.05) is 5.32 Å². The Kier molecular flexibility index (Phi) is 3.44. The summed E-state index contributed by atoms with van der Waals surface area (Å²) >= 11 is 0. The first-order valence-electron chi connectivity index (χ1n) is 6.72. The van der Waals surface area contributed by atoms with Crippen LogP contribution in [0.15, 0.2) is 24.3 Å². The number of halogens is 2. The monoisotopic (exact) mass is 309 g/mol. The normalized spacial score (nSPS) is 14.9. The number of aromatic amines is 1. The molecule has 1 aliphatic heterocycles. The first kappa shape index (κ1) is 14.3. The van der Waals surface area contributed by atoms with Crippen molar-refractivity contribution in [2.45, 2.75) is 26.1 Å². The van der Waals surface area contributed by atoms with Gasteiger partial charge in [0.2, 0.25) is 0 Å². The first-order valence-corrected chi connectivity index (χ1v) is 6.72. The lowest BCUT2D eigenvalue weighted by Crippen LogP contribution is -2.25. The number of aromatic nitrogens is 2. The molecule has 0 aliphatic carbocycles. The summed E-state index contributed by atoms with van der Waals surface area (Å²) in [7, 11) is 0. The van der Waals surface area contributed by atoms with Crippen molar-refractivity contribution in [1.82, 2.24) is 10.2 Å². The van der Waals surface area contributed by atoms with Crippen LogP contribution in [-0.2, 0) is 6.42 Å². The van der Waals surface area contributed by atoms with Gasteiger partial charge in [0.15, 0.2) is 17.2 Å². The zero-order chi connectivity index (χ0) is 15.7. The van der Waals surface area contributed by atoms with Gasteiger partial charge < -0.3 is 14.8 Å². The molecule has 0 spiro atoms. The number of anilines is 1. The quantitative estimate of drug-likeness (QED) is 0.910. The summed E-state index contributed by atoms with van der Waals surface area (Å²) in [5.41, 5.74) is 1.40. The van der Waals surface area contributed by atoms with E-state index in [1.807, 2.05) is 6.92 Å². The number of hydrogen-bond donors (Lipinski definition) is 2. The van der Waals surface area contributed by atoms with Crippen molar-refractivity contribution >= 4 is 11.6 Å². The molecular weight excluding hydrogens is 296 g/mol. The van der Waals surface area contributed by atoms with Gasteiger partial charge in [0.1, 0.15) is 0 Å². The Bertz CT molecular complexity index is 715. The van der Waals surface area contributed by atoms with Gasteiger partial charge in [0.05, 0.1) is 0 Å². The predicted molar refractivity (Wildman–Crippen MR) is 73.2 cm³/mol. The maximum Gasteiger partial charge on any atom is 0.586 e. The fourth-order valence-electron chi connectivity index (χ4n) is 2.10. The van der Waals surface area contributed by atoms with Crippen molar-refractivity contribution in [3.05, 3.63) is 35.7 Å². The van der Waals surface area contributed by atoms with Gasteiger partial charge in [-0.15, -0.1) is 8.78 Å². The van der Waals surface area contributed by atoms with Gasteiger partial charge in [0.25, 0.3) is 5.91 Å². The number of alkyl halides is 2. The molecule has 1 aliphatic rings. The Morgan fingerprint density at radius 1 is 1.32 bits per heavy atom. The minimum atomic E-state index is -3.68. The molecule has 1 amide bonds. The molecule has 0 fully saturated rings. The van der Waals surface area contributed by atoms with Gasteiger partial charge in [-0.1, -0.05) is 13.3 Å². The van der Waals surface area contributed by atoms with Crippen molar-refractivity contribution < 1.29 is 23.0 Å². The highest BCUT2D eigenvalue weighted by atomic mass is 19.3. The maximum absolute atomic E-state index is 12.9. The third-order valence-electron chi connectivity index (χ3n) is 3.04. The van der Waals surface area contributed by atoms with E-state index in [1.165, 1.54) is 18.2 Å². The van der Waals surface area contributed by atoms with E-state index in [0.29, 0.717) is 5.69 Å². The summed E-state index contributed by atoms with van der Waals surface area (Å²) in [6, 6.07) is 5.67. The number of aryl methyl sites for hydroxylation is 1. The van der Waals surface area contributed by atoms with Gasteiger partial charge >= 0.3 is 6.29 Å². The van der Waals surface area contributed by atoms with Gasteiger partial charge in [-0.3, -0.25) is 9.89 Å². The molecule has 0 radical (unpaired) electrons. The lowest BCUT2D eigenvalue weighted by atomic mass is 10.2. The van der Waals surface area contributed by atoms with E-state index < -0.39 is 12.2 Å². The lowest BCUT2D eigenvalue weighted by molar-refractivity contribution is -0.286. The summed E-state index contributed by atoms with van der Waals surface area (Å²) in [5.74, 6) is -0.645. The van der Waals surface area contributed by atoms with E-state index in [0.717, 1.165) is 18.5 Å². The van der Waals surface area contributed by atoms with Gasteiger partial charge in [-0.2, -0.15) is 5.10 Å². The number of nitrogens with zero attached hydrogens (tertiary/aromatic N) is 1. The van der Waals surface area contributed by atoms with Gasteiger partial charge in [-0.05, 0) is 24.6 Å². The average molecular weight is 309 g/mol. The van der Waals surface area contributed by atoms with Crippen molar-refractivity contribution in [1.29, 1.82) is 0 Å². The van der Waals surface area contributed by atoms with Crippen molar-refractivity contribution in [2.24, 2.45) is 0 Å². The molecule has 1 aromatic heterocycles. The Balaban J connectivity index is 1.72. The van der Waals surface area contributed by atoms with Crippen LogP contribution in [0.1, 0.15) is 29.5 Å². The summed E-state index contributed by atoms with van der Waals surface area (Å²) in [4.78, 5) is 12.0. The molecule has 2 heterocycles. The highest BCUT2D eigenvalue weighted by Crippen LogP contribution is 2.42. The first-order chi connectivity index (χ1) is 10.5. The summed E-state index contributed by atoms with van der Waals surface area (Å²) in [6.07, 6.45) is -1.96. The van der Waals surface area contributed by atoms with Crippen LogP contribution in [0, 0.1) is 0 Å². The second-order valence-electron chi connectivity index (χ2n) is 4.81. The third kappa shape index (κ3) is 2.85. The Hall–Kier alpha value is -2.64. The van der Waals surface area contributed by atoms with Crippen LogP contribution in [0.3, 0.4) is 0 Å². The molecule has 6 nitrogen and oxygen atoms in total. The lowest BCUT2D eigenvalue weighted by Gasteiger charge is -2.04. The minimum absolute atomic E-state index is 0.0759. The molecule has 0 saturated carbocycles. The van der Waals surface area contributed by atoms with Crippen LogP contribution >= 0.6 is 0 Å². The summed E-state index contributed by atoms with van der Waals surface area (Å²) in [5, 5.41) is 9.25. The molecule has 8 heteroatoms. The molecule has 2 N–H and O–H groups in total. The van der Waals surface area contributed by atoms with Crippen LogP contribution in [0.5, 0.6) is 11.5 Å². The summed E-state index contributed by atoms with van der Waals surface area (Å²) < 4.78 is 34.5. The molecule has 0 unspecified atom stereocenters. The number of hydrogen-bond acceptors (Lipinski definition) is 4. The summed E-state index contributed by atoms with van der Waals surface area (Å²) in [6.45, 7) is 2.02. The van der Waals surface area contributed by atoms with Crippen LogP contribution in [0.25, 0.3) is 0 Å². The zero-order valence-electron chi connectivity index (χ0n) is 11.7. The largest absolute Gasteiger partial charge is 0.586 e. The smallest absolute Gasteiger partial charge is 0.395 e. The van der Waals surface area contributed by atoms with Crippen LogP contribution in [-0.4, -0.2) is 22.4 Å². The topological polar surface area (TPSA) is 76.2 Å². The molecule has 2 aromatic rings. The number of carbonyl (C=O) groups excluding carboxylic acids is 1. The van der Waals surface area contributed by atoms with E-state index in [1.54, 1.807) is 6.07 Å². The molecular formula is C14H13F2N3O3. The fraction of sp³-hybridized carbons (Fsp3) is 0.286. The van der Waals surface area contributed by atoms with E-state index in [-0.39, 0.29) is 17.2 Å². The van der Waals surface area contributed by atoms with Crippen LogP contribution in [0.2, 0.25) is 0 Å². The minimum Gasteiger partial charge on any atom is -0.395 e.